The summed E-state index contributed by atoms with van der Waals surface area (Å²) in [6.07, 6.45) is 1.76. The zero-order chi connectivity index (χ0) is 13.1. The first-order valence-corrected chi connectivity index (χ1v) is 6.70. The fourth-order valence-corrected chi connectivity index (χ4v) is 2.64. The van der Waals surface area contributed by atoms with Crippen molar-refractivity contribution >= 4 is 5.91 Å². The van der Waals surface area contributed by atoms with Crippen LogP contribution in [0.4, 0.5) is 0 Å². The third-order valence-corrected chi connectivity index (χ3v) is 3.88. The van der Waals surface area contributed by atoms with Gasteiger partial charge in [0.15, 0.2) is 0 Å². The summed E-state index contributed by atoms with van der Waals surface area (Å²) in [5.74, 6) is 0.771. The minimum absolute atomic E-state index is 0.0780. The molecular formula is C15H22N2O. The summed E-state index contributed by atoms with van der Waals surface area (Å²) >= 11 is 0. The van der Waals surface area contributed by atoms with Gasteiger partial charge in [0.2, 0.25) is 5.91 Å². The molecule has 1 aromatic carbocycles. The molecule has 1 aromatic rings. The Morgan fingerprint density at radius 3 is 2.78 bits per heavy atom. The molecule has 1 aliphatic heterocycles. The van der Waals surface area contributed by atoms with Gasteiger partial charge in [-0.2, -0.15) is 0 Å². The Morgan fingerprint density at radius 2 is 2.17 bits per heavy atom. The van der Waals surface area contributed by atoms with Crippen molar-refractivity contribution in [1.82, 2.24) is 4.90 Å². The molecule has 2 atom stereocenters. The van der Waals surface area contributed by atoms with Gasteiger partial charge in [-0.25, -0.2) is 0 Å². The molecule has 1 aliphatic rings. The zero-order valence-electron chi connectivity index (χ0n) is 11.2. The monoisotopic (exact) mass is 246 g/mol. The second kappa shape index (κ2) is 5.53. The maximum atomic E-state index is 11.9. The predicted octanol–water partition coefficient (Wildman–Crippen LogP) is 2.25. The average molecular weight is 246 g/mol. The highest BCUT2D eigenvalue weighted by Crippen LogP contribution is 2.23. The van der Waals surface area contributed by atoms with Gasteiger partial charge in [0.25, 0.3) is 0 Å². The highest BCUT2D eigenvalue weighted by atomic mass is 16.2. The lowest BCUT2D eigenvalue weighted by Gasteiger charge is -2.22. The molecule has 0 spiro atoms. The highest BCUT2D eigenvalue weighted by Gasteiger charge is 2.29. The van der Waals surface area contributed by atoms with Crippen LogP contribution in [0.25, 0.3) is 0 Å². The van der Waals surface area contributed by atoms with Crippen LogP contribution in [0.5, 0.6) is 0 Å². The highest BCUT2D eigenvalue weighted by molar-refractivity contribution is 5.78. The molecule has 0 bridgehead atoms. The van der Waals surface area contributed by atoms with Crippen LogP contribution in [0, 0.1) is 12.8 Å². The predicted molar refractivity (Wildman–Crippen MR) is 73.1 cm³/mol. The molecule has 3 heteroatoms. The van der Waals surface area contributed by atoms with E-state index in [4.69, 9.17) is 5.73 Å². The van der Waals surface area contributed by atoms with Gasteiger partial charge in [-0.3, -0.25) is 4.79 Å². The van der Waals surface area contributed by atoms with Gasteiger partial charge in [-0.15, -0.1) is 0 Å². The van der Waals surface area contributed by atoms with Crippen LogP contribution >= 0.6 is 0 Å². The van der Waals surface area contributed by atoms with Gasteiger partial charge in [0.1, 0.15) is 0 Å². The van der Waals surface area contributed by atoms with Crippen molar-refractivity contribution in [2.75, 3.05) is 13.1 Å². The Balaban J connectivity index is 2.02. The van der Waals surface area contributed by atoms with Crippen molar-refractivity contribution in [2.24, 2.45) is 11.7 Å². The standard InChI is InChI=1S/C15H22N2O/c1-3-12-8-15(18)17(9-12)10-14(16)13-7-5-4-6-11(13)2/h4-7,12,14H,3,8-10,16H2,1-2H3. The summed E-state index contributed by atoms with van der Waals surface area (Å²) in [5.41, 5.74) is 8.57. The maximum absolute atomic E-state index is 11.9. The Kier molecular flexibility index (Phi) is 4.02. The topological polar surface area (TPSA) is 46.3 Å². The van der Waals surface area contributed by atoms with E-state index in [1.807, 2.05) is 17.0 Å². The average Bonchev–Trinajstić information content (AvgIpc) is 2.70. The van der Waals surface area contributed by atoms with Crippen LogP contribution < -0.4 is 5.73 Å². The molecule has 1 saturated heterocycles. The largest absolute Gasteiger partial charge is 0.340 e. The first-order valence-electron chi connectivity index (χ1n) is 6.70. The van der Waals surface area contributed by atoms with Crippen LogP contribution in [-0.2, 0) is 4.79 Å². The van der Waals surface area contributed by atoms with E-state index in [1.165, 1.54) is 5.56 Å². The van der Waals surface area contributed by atoms with Crippen molar-refractivity contribution in [3.63, 3.8) is 0 Å². The Bertz CT molecular complexity index is 430. The van der Waals surface area contributed by atoms with Crippen molar-refractivity contribution in [1.29, 1.82) is 0 Å². The summed E-state index contributed by atoms with van der Waals surface area (Å²) < 4.78 is 0. The number of aryl methyl sites for hydroxylation is 1. The number of hydrogen-bond acceptors (Lipinski definition) is 2. The minimum atomic E-state index is -0.0780. The molecule has 3 nitrogen and oxygen atoms in total. The molecule has 1 amide bonds. The van der Waals surface area contributed by atoms with E-state index in [2.05, 4.69) is 26.0 Å². The number of amides is 1. The normalized spacial score (nSPS) is 21.4. The Hall–Kier alpha value is -1.35. The lowest BCUT2D eigenvalue weighted by molar-refractivity contribution is -0.127. The maximum Gasteiger partial charge on any atom is 0.222 e. The molecule has 98 valence electrons. The van der Waals surface area contributed by atoms with E-state index >= 15 is 0 Å². The number of likely N-dealkylation sites (tertiary alicyclic amines) is 1. The molecule has 18 heavy (non-hydrogen) atoms. The summed E-state index contributed by atoms with van der Waals surface area (Å²) in [6, 6.07) is 8.06. The Labute approximate surface area is 109 Å². The second-order valence-corrected chi connectivity index (χ2v) is 5.24. The molecule has 0 saturated carbocycles. The van der Waals surface area contributed by atoms with E-state index in [1.54, 1.807) is 0 Å². The fraction of sp³-hybridized carbons (Fsp3) is 0.533. The molecule has 2 rings (SSSR count). The van der Waals surface area contributed by atoms with Crippen LogP contribution in [0.2, 0.25) is 0 Å². The van der Waals surface area contributed by atoms with E-state index < -0.39 is 0 Å². The van der Waals surface area contributed by atoms with Gasteiger partial charge in [-0.1, -0.05) is 37.6 Å². The number of nitrogens with zero attached hydrogens (tertiary/aromatic N) is 1. The fourth-order valence-electron chi connectivity index (χ4n) is 2.64. The third kappa shape index (κ3) is 2.72. The number of benzene rings is 1. The summed E-state index contributed by atoms with van der Waals surface area (Å²) in [7, 11) is 0. The van der Waals surface area contributed by atoms with Crippen molar-refractivity contribution in [3.05, 3.63) is 35.4 Å². The van der Waals surface area contributed by atoms with Gasteiger partial charge in [0.05, 0.1) is 0 Å². The molecule has 0 aliphatic carbocycles. The van der Waals surface area contributed by atoms with Crippen LogP contribution in [0.1, 0.15) is 36.9 Å². The van der Waals surface area contributed by atoms with E-state index in [0.29, 0.717) is 18.9 Å². The van der Waals surface area contributed by atoms with Crippen LogP contribution in [-0.4, -0.2) is 23.9 Å². The molecule has 1 fully saturated rings. The summed E-state index contributed by atoms with van der Waals surface area (Å²) in [6.45, 7) is 5.72. The van der Waals surface area contributed by atoms with Gasteiger partial charge in [-0.05, 0) is 24.0 Å². The summed E-state index contributed by atoms with van der Waals surface area (Å²) in [5, 5.41) is 0. The molecule has 0 aromatic heterocycles. The van der Waals surface area contributed by atoms with Crippen molar-refractivity contribution in [2.45, 2.75) is 32.7 Å². The minimum Gasteiger partial charge on any atom is -0.340 e. The van der Waals surface area contributed by atoms with E-state index in [0.717, 1.165) is 18.5 Å². The smallest absolute Gasteiger partial charge is 0.222 e. The molecule has 1 heterocycles. The lowest BCUT2D eigenvalue weighted by atomic mass is 10.0. The molecule has 2 N–H and O–H groups in total. The molecule has 2 unspecified atom stereocenters. The number of rotatable bonds is 4. The van der Waals surface area contributed by atoms with Gasteiger partial charge >= 0.3 is 0 Å². The van der Waals surface area contributed by atoms with Crippen molar-refractivity contribution < 1.29 is 4.79 Å². The van der Waals surface area contributed by atoms with Gasteiger partial charge in [0, 0.05) is 25.6 Å². The number of nitrogens with two attached hydrogens (primary N) is 1. The number of hydrogen-bond donors (Lipinski definition) is 1. The first kappa shape index (κ1) is 13.1. The SMILES string of the molecule is CCC1CC(=O)N(CC(N)c2ccccc2C)C1. The zero-order valence-corrected chi connectivity index (χ0v) is 11.2. The van der Waals surface area contributed by atoms with Crippen molar-refractivity contribution in [3.8, 4) is 0 Å². The van der Waals surface area contributed by atoms with E-state index in [-0.39, 0.29) is 11.9 Å². The number of carbonyl (C=O) groups is 1. The van der Waals surface area contributed by atoms with Crippen LogP contribution in [0.3, 0.4) is 0 Å². The third-order valence-electron chi connectivity index (χ3n) is 3.88. The molecule has 0 radical (unpaired) electrons. The number of carbonyl (C=O) groups excluding carboxylic acids is 1. The van der Waals surface area contributed by atoms with E-state index in [9.17, 15) is 4.79 Å². The van der Waals surface area contributed by atoms with Gasteiger partial charge < -0.3 is 10.6 Å². The lowest BCUT2D eigenvalue weighted by Crippen LogP contribution is -2.33. The first-order chi connectivity index (χ1) is 8.61. The Morgan fingerprint density at radius 1 is 1.44 bits per heavy atom. The van der Waals surface area contributed by atoms with Crippen LogP contribution in [0.15, 0.2) is 24.3 Å². The summed E-state index contributed by atoms with van der Waals surface area (Å²) in [4.78, 5) is 13.8. The quantitative estimate of drug-likeness (QED) is 0.885. The second-order valence-electron chi connectivity index (χ2n) is 5.24. The molecular weight excluding hydrogens is 224 g/mol.